The highest BCUT2D eigenvalue weighted by molar-refractivity contribution is 6.32. The van der Waals surface area contributed by atoms with E-state index in [-0.39, 0.29) is 11.0 Å². The third kappa shape index (κ3) is 2.08. The van der Waals surface area contributed by atoms with Crippen LogP contribution in [0.4, 0.5) is 4.39 Å². The molecule has 0 saturated heterocycles. The molecule has 0 fully saturated rings. The summed E-state index contributed by atoms with van der Waals surface area (Å²) in [7, 11) is 0. The van der Waals surface area contributed by atoms with Crippen LogP contribution in [0.1, 0.15) is 16.2 Å². The van der Waals surface area contributed by atoms with Crippen LogP contribution in [0.15, 0.2) is 42.6 Å². The second-order valence-corrected chi connectivity index (χ2v) is 4.26. The third-order valence-electron chi connectivity index (χ3n) is 2.66. The molecule has 0 aliphatic rings. The lowest BCUT2D eigenvalue weighted by atomic mass is 10.1. The van der Waals surface area contributed by atoms with Gasteiger partial charge in [-0.3, -0.25) is 4.79 Å². The van der Waals surface area contributed by atoms with Crippen molar-refractivity contribution in [2.24, 2.45) is 0 Å². The molecule has 3 aromatic rings. The second kappa shape index (κ2) is 4.44. The van der Waals surface area contributed by atoms with E-state index in [0.717, 1.165) is 0 Å². The topological polar surface area (TPSA) is 47.3 Å². The molecule has 0 spiro atoms. The minimum Gasteiger partial charge on any atom is -0.285 e. The molecule has 0 aliphatic carbocycles. The fraction of sp³-hybridized carbons (Fsp3) is 0. The quantitative estimate of drug-likeness (QED) is 0.676. The normalized spacial score (nSPS) is 10.8. The summed E-state index contributed by atoms with van der Waals surface area (Å²) in [5.74, 6) is -0.839. The molecule has 19 heavy (non-hydrogen) atoms. The molecular weight excluding hydrogens is 269 g/mol. The van der Waals surface area contributed by atoms with E-state index in [0.29, 0.717) is 11.1 Å². The molecule has 2 aromatic heterocycles. The van der Waals surface area contributed by atoms with Crippen LogP contribution in [0.2, 0.25) is 5.15 Å². The summed E-state index contributed by atoms with van der Waals surface area (Å²) in [6, 6.07) is 8.69. The Kier molecular flexibility index (Phi) is 2.76. The molecule has 0 radical (unpaired) electrons. The van der Waals surface area contributed by atoms with Gasteiger partial charge in [0.15, 0.2) is 5.15 Å². The largest absolute Gasteiger partial charge is 0.285 e. The first-order chi connectivity index (χ1) is 9.15. The lowest BCUT2D eigenvalue weighted by Crippen LogP contribution is -2.10. The monoisotopic (exact) mass is 275 g/mol. The van der Waals surface area contributed by atoms with Gasteiger partial charge in [0.1, 0.15) is 11.3 Å². The lowest BCUT2D eigenvalue weighted by Gasteiger charge is -2.02. The Morgan fingerprint density at radius 1 is 1.21 bits per heavy atom. The van der Waals surface area contributed by atoms with Gasteiger partial charge in [0.25, 0.3) is 0 Å². The van der Waals surface area contributed by atoms with Crippen LogP contribution in [0.3, 0.4) is 0 Å². The Bertz CT molecular complexity index is 767. The number of benzene rings is 1. The zero-order chi connectivity index (χ0) is 13.4. The molecule has 0 atom stereocenters. The minimum absolute atomic E-state index is 0.0275. The van der Waals surface area contributed by atoms with Gasteiger partial charge in [-0.2, -0.15) is 0 Å². The van der Waals surface area contributed by atoms with Gasteiger partial charge >= 0.3 is 0 Å². The summed E-state index contributed by atoms with van der Waals surface area (Å²) in [5, 5.41) is 4.27. The number of aromatic nitrogens is 3. The molecule has 2 heterocycles. The van der Waals surface area contributed by atoms with E-state index in [1.54, 1.807) is 18.3 Å². The first kappa shape index (κ1) is 11.8. The smallest absolute Gasteiger partial charge is 0.232 e. The predicted molar refractivity (Wildman–Crippen MR) is 67.8 cm³/mol. The number of fused-ring (bicyclic) bond motifs is 1. The van der Waals surface area contributed by atoms with Crippen molar-refractivity contribution in [2.45, 2.75) is 0 Å². The summed E-state index contributed by atoms with van der Waals surface area (Å²) in [4.78, 5) is 16.1. The molecule has 0 amide bonds. The van der Waals surface area contributed by atoms with E-state index >= 15 is 0 Å². The maximum absolute atomic E-state index is 12.8. The number of carbonyl (C=O) groups excluding carboxylic acids is 1. The molecule has 0 N–H and O–H groups in total. The van der Waals surface area contributed by atoms with Crippen LogP contribution in [-0.2, 0) is 0 Å². The Morgan fingerprint density at radius 2 is 1.95 bits per heavy atom. The fourth-order valence-electron chi connectivity index (χ4n) is 1.72. The molecule has 6 heteroatoms. The standard InChI is InChI=1S/C13H7ClFN3O/c14-12-10-2-1-7-18(10)17-13(16-12)11(19)8-3-5-9(15)6-4-8/h1-7H. The van der Waals surface area contributed by atoms with Gasteiger partial charge in [-0.1, -0.05) is 11.6 Å². The van der Waals surface area contributed by atoms with Crippen molar-refractivity contribution in [3.05, 3.63) is 65.0 Å². The molecule has 94 valence electrons. The van der Waals surface area contributed by atoms with Crippen LogP contribution in [0.25, 0.3) is 5.52 Å². The van der Waals surface area contributed by atoms with Crippen LogP contribution >= 0.6 is 11.6 Å². The van der Waals surface area contributed by atoms with Crippen molar-refractivity contribution >= 4 is 22.9 Å². The first-order valence-corrected chi connectivity index (χ1v) is 5.84. The number of rotatable bonds is 2. The van der Waals surface area contributed by atoms with Crippen molar-refractivity contribution in [3.63, 3.8) is 0 Å². The number of ketones is 1. The van der Waals surface area contributed by atoms with Gasteiger partial charge < -0.3 is 0 Å². The summed E-state index contributed by atoms with van der Waals surface area (Å²) in [6.45, 7) is 0. The number of hydrogen-bond donors (Lipinski definition) is 0. The Balaban J connectivity index is 2.08. The summed E-state index contributed by atoms with van der Waals surface area (Å²) >= 11 is 5.98. The molecule has 0 bridgehead atoms. The number of hydrogen-bond acceptors (Lipinski definition) is 3. The fourth-order valence-corrected chi connectivity index (χ4v) is 1.95. The van der Waals surface area contributed by atoms with Crippen LogP contribution < -0.4 is 0 Å². The Hall–Kier alpha value is -2.27. The van der Waals surface area contributed by atoms with Gasteiger partial charge in [0, 0.05) is 11.8 Å². The van der Waals surface area contributed by atoms with Gasteiger partial charge in [-0.15, -0.1) is 5.10 Å². The maximum atomic E-state index is 12.8. The Morgan fingerprint density at radius 3 is 2.68 bits per heavy atom. The number of halogens is 2. The maximum Gasteiger partial charge on any atom is 0.232 e. The van der Waals surface area contributed by atoms with Crippen molar-refractivity contribution in [3.8, 4) is 0 Å². The average Bonchev–Trinajstić information content (AvgIpc) is 2.87. The van der Waals surface area contributed by atoms with Crippen molar-refractivity contribution in [1.29, 1.82) is 0 Å². The van der Waals surface area contributed by atoms with Gasteiger partial charge in [-0.25, -0.2) is 13.9 Å². The number of carbonyl (C=O) groups is 1. The SMILES string of the molecule is O=C(c1ccc(F)cc1)c1nc(Cl)c2cccn2n1. The van der Waals surface area contributed by atoms with E-state index in [1.165, 1.54) is 28.8 Å². The zero-order valence-corrected chi connectivity index (χ0v) is 10.3. The molecule has 1 aromatic carbocycles. The molecule has 0 aliphatic heterocycles. The van der Waals surface area contributed by atoms with E-state index in [2.05, 4.69) is 10.1 Å². The molecule has 3 rings (SSSR count). The molecule has 0 saturated carbocycles. The van der Waals surface area contributed by atoms with E-state index in [1.807, 2.05) is 0 Å². The van der Waals surface area contributed by atoms with Gasteiger partial charge in [0.05, 0.1) is 0 Å². The zero-order valence-electron chi connectivity index (χ0n) is 9.55. The van der Waals surface area contributed by atoms with Crippen LogP contribution in [0, 0.1) is 5.82 Å². The summed E-state index contributed by atoms with van der Waals surface area (Å²) in [6.07, 6.45) is 1.67. The number of nitrogens with zero attached hydrogens (tertiary/aromatic N) is 3. The second-order valence-electron chi connectivity index (χ2n) is 3.90. The minimum atomic E-state index is -0.406. The predicted octanol–water partition coefficient (Wildman–Crippen LogP) is 2.75. The summed E-state index contributed by atoms with van der Waals surface area (Å²) in [5.41, 5.74) is 0.932. The average molecular weight is 276 g/mol. The molecule has 0 unspecified atom stereocenters. The third-order valence-corrected chi connectivity index (χ3v) is 2.93. The van der Waals surface area contributed by atoms with E-state index in [4.69, 9.17) is 11.6 Å². The lowest BCUT2D eigenvalue weighted by molar-refractivity contribution is 0.102. The molecular formula is C13H7ClFN3O. The summed E-state index contributed by atoms with van der Waals surface area (Å²) < 4.78 is 14.3. The highest BCUT2D eigenvalue weighted by Gasteiger charge is 2.15. The first-order valence-electron chi connectivity index (χ1n) is 5.46. The van der Waals surface area contributed by atoms with Crippen LogP contribution in [0.5, 0.6) is 0 Å². The van der Waals surface area contributed by atoms with Crippen molar-refractivity contribution in [2.75, 3.05) is 0 Å². The van der Waals surface area contributed by atoms with Gasteiger partial charge in [0.2, 0.25) is 11.6 Å². The van der Waals surface area contributed by atoms with Crippen LogP contribution in [-0.4, -0.2) is 20.4 Å². The van der Waals surface area contributed by atoms with Gasteiger partial charge in [-0.05, 0) is 36.4 Å². The van der Waals surface area contributed by atoms with E-state index < -0.39 is 11.6 Å². The highest BCUT2D eigenvalue weighted by Crippen LogP contribution is 2.16. The highest BCUT2D eigenvalue weighted by atomic mass is 35.5. The van der Waals surface area contributed by atoms with Crippen molar-refractivity contribution < 1.29 is 9.18 Å². The Labute approximate surface area is 112 Å². The molecule has 4 nitrogen and oxygen atoms in total. The van der Waals surface area contributed by atoms with Crippen molar-refractivity contribution in [1.82, 2.24) is 14.6 Å². The van der Waals surface area contributed by atoms with E-state index in [9.17, 15) is 9.18 Å².